The predicted molar refractivity (Wildman–Crippen MR) is 223 cm³/mol. The Hall–Kier alpha value is -5.58. The third-order valence-corrected chi connectivity index (χ3v) is 11.7. The summed E-state index contributed by atoms with van der Waals surface area (Å²) in [6.07, 6.45) is 13.9. The van der Waals surface area contributed by atoms with Gasteiger partial charge in [-0.2, -0.15) is 9.61 Å². The molecule has 2 aromatic heterocycles. The van der Waals surface area contributed by atoms with E-state index in [9.17, 15) is 29.4 Å². The molecule has 1 aliphatic carbocycles. The number of aromatic nitrogens is 3. The number of amides is 5. The van der Waals surface area contributed by atoms with Crippen molar-refractivity contribution in [3.63, 3.8) is 0 Å². The lowest BCUT2D eigenvalue weighted by molar-refractivity contribution is -0.136. The average molecular weight is 809 g/mol. The minimum Gasteiger partial charge on any atom is -0.394 e. The lowest BCUT2D eigenvalue weighted by Gasteiger charge is -2.34. The molecule has 0 bridgehead atoms. The van der Waals surface area contributed by atoms with Crippen molar-refractivity contribution in [2.75, 3.05) is 50.0 Å². The molecular weight excluding hydrogens is 753 g/mol. The molecule has 3 atom stereocenters. The number of unbranched alkanes of at least 4 members (excludes halogenated alkanes) is 2. The number of nitrogens with zero attached hydrogens (tertiary/aromatic N) is 6. The van der Waals surface area contributed by atoms with Crippen molar-refractivity contribution in [2.45, 2.75) is 96.4 Å². The Bertz CT molecular complexity index is 2150. The molecule has 4 aliphatic rings. The maximum Gasteiger partial charge on any atom is 0.321 e. The molecular formula is C43H56N10O6. The molecule has 0 radical (unpaired) electrons. The van der Waals surface area contributed by atoms with E-state index in [2.05, 4.69) is 51.2 Å². The highest BCUT2D eigenvalue weighted by Gasteiger charge is 2.39. The molecule has 6 N–H and O–H groups in total. The number of carbonyl (C=O) groups excluding carboxylic acids is 4. The first-order valence-electron chi connectivity index (χ1n) is 20.8. The van der Waals surface area contributed by atoms with E-state index in [-0.39, 0.29) is 42.7 Å². The molecule has 59 heavy (non-hydrogen) atoms. The Morgan fingerprint density at radius 1 is 1.07 bits per heavy atom. The summed E-state index contributed by atoms with van der Waals surface area (Å²) in [6, 6.07) is 6.34. The van der Waals surface area contributed by atoms with Crippen LogP contribution in [0.25, 0.3) is 5.65 Å². The molecule has 3 aromatic rings. The summed E-state index contributed by atoms with van der Waals surface area (Å²) in [5, 5.41) is 36.3. The SMILES string of the molecule is CC(C)c1cnn2c(NC=C3C=CC(NC(=O)N4CCN(CCCCCc5cccc6c5CN(C5CCC(=O)NC5=O)C6=O)CC4)=CC3)cc(N[C@@H](CO)[C@H](C)O)nc12. The normalized spacial score (nSPS) is 20.2. The number of benzene rings is 1. The van der Waals surface area contributed by atoms with E-state index in [4.69, 9.17) is 4.98 Å². The number of rotatable bonds is 15. The summed E-state index contributed by atoms with van der Waals surface area (Å²) >= 11 is 0. The molecule has 16 heteroatoms. The van der Waals surface area contributed by atoms with E-state index in [0.29, 0.717) is 55.3 Å². The van der Waals surface area contributed by atoms with Gasteiger partial charge < -0.3 is 36.0 Å². The molecule has 0 saturated carbocycles. The van der Waals surface area contributed by atoms with Gasteiger partial charge in [-0.1, -0.05) is 44.6 Å². The smallest absolute Gasteiger partial charge is 0.321 e. The monoisotopic (exact) mass is 808 g/mol. The number of fused-ring (bicyclic) bond motifs is 2. The molecule has 2 fully saturated rings. The van der Waals surface area contributed by atoms with Gasteiger partial charge in [0.15, 0.2) is 5.65 Å². The van der Waals surface area contributed by atoms with Crippen molar-refractivity contribution in [1.82, 2.24) is 39.9 Å². The summed E-state index contributed by atoms with van der Waals surface area (Å²) in [4.78, 5) is 61.0. The molecule has 1 aromatic carbocycles. The minimum atomic E-state index is -0.777. The molecule has 3 aliphatic heterocycles. The van der Waals surface area contributed by atoms with Gasteiger partial charge in [0, 0.05) is 68.2 Å². The van der Waals surface area contributed by atoms with Gasteiger partial charge in [-0.25, -0.2) is 9.78 Å². The number of urea groups is 1. The molecule has 7 rings (SSSR count). The maximum absolute atomic E-state index is 13.2. The molecule has 16 nitrogen and oxygen atoms in total. The number of hydrogen-bond donors (Lipinski definition) is 6. The van der Waals surface area contributed by atoms with Crippen LogP contribution in [0, 0.1) is 0 Å². The standard InChI is InChI=1S/C43H56N10O6/c1-27(2)33-24-45-53-38(22-37(48-40(33)53)47-35(26-54)28(3)55)44-23-29-11-13-31(14-12-29)46-43(59)51-20-18-50(19-21-51)17-6-4-5-8-30-9-7-10-32-34(30)25-52(42(32)58)36-15-16-39(56)49-41(36)57/h7,9-11,13-14,22-24,27-28,35-36,44,54-55H,4-6,8,12,15-21,25-26H2,1-3H3,(H,46,59)(H,47,48)(H,49,56,57)/t28-,35-,36?/m0/s1. The van der Waals surface area contributed by atoms with Crippen LogP contribution in [0.2, 0.25) is 0 Å². The zero-order valence-corrected chi connectivity index (χ0v) is 34.1. The molecule has 5 heterocycles. The minimum absolute atomic E-state index is 0.103. The largest absolute Gasteiger partial charge is 0.394 e. The molecule has 0 spiro atoms. The van der Waals surface area contributed by atoms with E-state index in [1.807, 2.05) is 41.5 Å². The fraction of sp³-hybridized carbons (Fsp3) is 0.488. The lowest BCUT2D eigenvalue weighted by Crippen LogP contribution is -2.52. The Kier molecular flexibility index (Phi) is 13.1. The van der Waals surface area contributed by atoms with E-state index >= 15 is 0 Å². The maximum atomic E-state index is 13.2. The van der Waals surface area contributed by atoms with Crippen molar-refractivity contribution in [2.24, 2.45) is 0 Å². The Morgan fingerprint density at radius 3 is 2.59 bits per heavy atom. The second-order valence-corrected chi connectivity index (χ2v) is 16.2. The van der Waals surface area contributed by atoms with Crippen LogP contribution in [-0.4, -0.2) is 121 Å². The fourth-order valence-corrected chi connectivity index (χ4v) is 8.09. The van der Waals surface area contributed by atoms with E-state index in [0.717, 1.165) is 73.3 Å². The molecule has 314 valence electrons. The van der Waals surface area contributed by atoms with E-state index in [1.165, 1.54) is 0 Å². The third kappa shape index (κ3) is 9.67. The van der Waals surface area contributed by atoms with Crippen LogP contribution in [0.5, 0.6) is 0 Å². The van der Waals surface area contributed by atoms with Crippen LogP contribution in [0.4, 0.5) is 16.4 Å². The number of aryl methyl sites for hydroxylation is 1. The van der Waals surface area contributed by atoms with Gasteiger partial charge in [0.2, 0.25) is 11.8 Å². The number of imide groups is 1. The Labute approximate surface area is 344 Å². The van der Waals surface area contributed by atoms with E-state index in [1.54, 1.807) is 28.6 Å². The summed E-state index contributed by atoms with van der Waals surface area (Å²) in [7, 11) is 0. The predicted octanol–water partition coefficient (Wildman–Crippen LogP) is 3.65. The van der Waals surface area contributed by atoms with Gasteiger partial charge in [-0.3, -0.25) is 24.6 Å². The average Bonchev–Trinajstić information content (AvgIpc) is 3.81. The number of piperazine rings is 1. The molecule has 2 saturated heterocycles. The van der Waals surface area contributed by atoms with E-state index < -0.39 is 18.2 Å². The first-order valence-corrected chi connectivity index (χ1v) is 20.8. The number of aliphatic hydroxyl groups excluding tert-OH is 2. The van der Waals surface area contributed by atoms with Crippen molar-refractivity contribution < 1.29 is 29.4 Å². The summed E-state index contributed by atoms with van der Waals surface area (Å²) < 4.78 is 1.74. The van der Waals surface area contributed by atoms with Gasteiger partial charge in [0.25, 0.3) is 5.91 Å². The van der Waals surface area contributed by atoms with Gasteiger partial charge in [-0.05, 0) is 80.3 Å². The van der Waals surface area contributed by atoms with Crippen molar-refractivity contribution in [3.8, 4) is 0 Å². The fourth-order valence-electron chi connectivity index (χ4n) is 8.09. The first-order chi connectivity index (χ1) is 28.5. The van der Waals surface area contributed by atoms with Crippen LogP contribution >= 0.6 is 0 Å². The van der Waals surface area contributed by atoms with Crippen LogP contribution in [-0.2, 0) is 22.6 Å². The second kappa shape index (κ2) is 18.6. The highest BCUT2D eigenvalue weighted by Crippen LogP contribution is 2.31. The zero-order chi connectivity index (χ0) is 41.6. The first kappa shape index (κ1) is 41.6. The van der Waals surface area contributed by atoms with Gasteiger partial charge in [0.05, 0.1) is 24.9 Å². The number of anilines is 2. The second-order valence-electron chi connectivity index (χ2n) is 16.2. The summed E-state index contributed by atoms with van der Waals surface area (Å²) in [5.41, 5.74) is 6.23. The van der Waals surface area contributed by atoms with Gasteiger partial charge >= 0.3 is 6.03 Å². The van der Waals surface area contributed by atoms with Gasteiger partial charge in [0.1, 0.15) is 17.7 Å². The van der Waals surface area contributed by atoms with Crippen LogP contribution in [0.15, 0.2) is 66.2 Å². The number of hydrogen-bond acceptors (Lipinski definition) is 11. The summed E-state index contributed by atoms with van der Waals surface area (Å²) in [6.45, 7) is 9.85. The van der Waals surface area contributed by atoms with Crippen LogP contribution in [0.3, 0.4) is 0 Å². The van der Waals surface area contributed by atoms with Gasteiger partial charge in [-0.15, -0.1) is 0 Å². The number of carbonyl (C=O) groups is 4. The highest BCUT2D eigenvalue weighted by atomic mass is 16.3. The topological polar surface area (TPSA) is 197 Å². The number of aliphatic hydroxyl groups is 2. The number of piperidine rings is 1. The lowest BCUT2D eigenvalue weighted by atomic mass is 9.98. The highest BCUT2D eigenvalue weighted by molar-refractivity contribution is 6.05. The third-order valence-electron chi connectivity index (χ3n) is 11.7. The van der Waals surface area contributed by atoms with Crippen molar-refractivity contribution in [3.05, 3.63) is 88.4 Å². The molecule has 5 amide bonds. The Balaban J connectivity index is 0.831. The zero-order valence-electron chi connectivity index (χ0n) is 34.1. The Morgan fingerprint density at radius 2 is 1.88 bits per heavy atom. The van der Waals surface area contributed by atoms with Crippen LogP contribution < -0.4 is 21.3 Å². The van der Waals surface area contributed by atoms with Crippen molar-refractivity contribution >= 4 is 41.0 Å². The van der Waals surface area contributed by atoms with Crippen LogP contribution in [0.1, 0.15) is 92.3 Å². The number of nitrogens with one attached hydrogen (secondary N) is 4. The summed E-state index contributed by atoms with van der Waals surface area (Å²) in [5.74, 6) is 0.566. The number of allylic oxidation sites excluding steroid dienone is 4. The quantitative estimate of drug-likeness (QED) is 0.0969. The molecule has 1 unspecified atom stereocenters. The van der Waals surface area contributed by atoms with Crippen molar-refractivity contribution in [1.29, 1.82) is 0 Å².